The van der Waals surface area contributed by atoms with E-state index in [0.717, 1.165) is 12.8 Å². The monoisotopic (exact) mass is 336 g/mol. The molecule has 0 N–H and O–H groups in total. The summed E-state index contributed by atoms with van der Waals surface area (Å²) in [6, 6.07) is 0. The van der Waals surface area contributed by atoms with Crippen LogP contribution in [0.4, 0.5) is 0 Å². The lowest BCUT2D eigenvalue weighted by atomic mass is 10.4. The van der Waals surface area contributed by atoms with Crippen LogP contribution >= 0.6 is 0 Å². The predicted octanol–water partition coefficient (Wildman–Crippen LogP) is 3.60. The first-order valence-electron chi connectivity index (χ1n) is 8.31. The Hall–Kier alpha value is 0.234. The summed E-state index contributed by atoms with van der Waals surface area (Å²) < 4.78 is 30.4. The van der Waals surface area contributed by atoms with E-state index in [2.05, 4.69) is 0 Å². The zero-order valence-corrected chi connectivity index (χ0v) is 16.3. The molecule has 0 amide bonds. The summed E-state index contributed by atoms with van der Waals surface area (Å²) in [7, 11) is -5.48. The molecule has 0 bridgehead atoms. The summed E-state index contributed by atoms with van der Waals surface area (Å²) in [6.07, 6.45) is 4.69. The highest BCUT2D eigenvalue weighted by molar-refractivity contribution is 6.75. The first-order valence-corrected chi connectivity index (χ1v) is 12.3. The molecule has 0 radical (unpaired) electrons. The zero-order valence-electron chi connectivity index (χ0n) is 14.3. The second-order valence-corrected chi connectivity index (χ2v) is 11.0. The van der Waals surface area contributed by atoms with E-state index in [1.54, 1.807) is 0 Å². The molecule has 126 valence electrons. The van der Waals surface area contributed by atoms with Gasteiger partial charge in [-0.25, -0.2) is 0 Å². The van der Waals surface area contributed by atoms with Gasteiger partial charge in [-0.1, -0.05) is 12.8 Å². The van der Waals surface area contributed by atoms with E-state index < -0.39 is 17.6 Å². The summed E-state index contributed by atoms with van der Waals surface area (Å²) in [5, 5.41) is 0. The van der Waals surface area contributed by atoms with Gasteiger partial charge in [0, 0.05) is 38.5 Å². The lowest BCUT2D eigenvalue weighted by Gasteiger charge is -2.39. The average molecular weight is 337 g/mol. The van der Waals surface area contributed by atoms with Gasteiger partial charge in [-0.05, 0) is 40.5 Å². The molecule has 7 heteroatoms. The van der Waals surface area contributed by atoms with Gasteiger partial charge in [0.05, 0.1) is 0 Å². The number of rotatable bonds is 11. The van der Waals surface area contributed by atoms with Crippen molar-refractivity contribution in [2.24, 2.45) is 0 Å². The highest BCUT2D eigenvalue weighted by Crippen LogP contribution is 2.41. The quantitative estimate of drug-likeness (QED) is 0.539. The van der Waals surface area contributed by atoms with Gasteiger partial charge in [0.2, 0.25) is 0 Å². The van der Waals surface area contributed by atoms with Crippen LogP contribution in [0.1, 0.15) is 53.4 Å². The third kappa shape index (κ3) is 5.42. The van der Waals surface area contributed by atoms with E-state index in [1.165, 1.54) is 12.8 Å². The Morgan fingerprint density at radius 1 is 0.762 bits per heavy atom. The summed E-state index contributed by atoms with van der Waals surface area (Å²) in [5.41, 5.74) is 0.380. The molecule has 0 spiro atoms. The van der Waals surface area contributed by atoms with Gasteiger partial charge in [0.15, 0.2) is 0 Å². The summed E-state index contributed by atoms with van der Waals surface area (Å²) in [4.78, 5) is 0. The van der Waals surface area contributed by atoms with Crippen LogP contribution < -0.4 is 0 Å². The average Bonchev–Trinajstić information content (AvgIpc) is 2.93. The Labute approximate surface area is 132 Å². The van der Waals surface area contributed by atoms with Gasteiger partial charge in [-0.2, -0.15) is 0 Å². The Bertz CT molecular complexity index is 273. The highest BCUT2D eigenvalue weighted by Gasteiger charge is 2.56. The van der Waals surface area contributed by atoms with Gasteiger partial charge in [-0.3, -0.25) is 0 Å². The molecule has 1 saturated carbocycles. The molecular weight excluding hydrogens is 304 g/mol. The van der Waals surface area contributed by atoms with Crippen molar-refractivity contribution in [1.29, 1.82) is 0 Å². The van der Waals surface area contributed by atoms with Crippen molar-refractivity contribution in [3.05, 3.63) is 0 Å². The van der Waals surface area contributed by atoms with Crippen LogP contribution in [-0.4, -0.2) is 44.0 Å². The molecule has 1 fully saturated rings. The predicted molar refractivity (Wildman–Crippen MR) is 87.2 cm³/mol. The lowest BCUT2D eigenvalue weighted by molar-refractivity contribution is 0.0471. The first kappa shape index (κ1) is 19.3. The molecule has 1 aliphatic rings. The molecule has 0 aromatic carbocycles. The topological polar surface area (TPSA) is 46.2 Å². The van der Waals surface area contributed by atoms with Crippen LogP contribution in [0.3, 0.4) is 0 Å². The van der Waals surface area contributed by atoms with Crippen LogP contribution in [0, 0.1) is 0 Å². The van der Waals surface area contributed by atoms with E-state index >= 15 is 0 Å². The van der Waals surface area contributed by atoms with Crippen molar-refractivity contribution in [1.82, 2.24) is 0 Å². The van der Waals surface area contributed by atoms with Crippen molar-refractivity contribution in [3.63, 3.8) is 0 Å². The minimum absolute atomic E-state index is 0.380. The Kier molecular flexibility index (Phi) is 8.62. The second kappa shape index (κ2) is 9.39. The maximum atomic E-state index is 6.46. The standard InChI is InChI=1S/C14H32O5Si2/c1-6-15-20(5,16-7-2)19-21(17-8-3,18-9-4)14-12-10-11-13-14/h14H,6-13H2,1-5H3. The van der Waals surface area contributed by atoms with Gasteiger partial charge in [0.25, 0.3) is 0 Å². The molecular formula is C14H32O5Si2. The number of hydrogen-bond donors (Lipinski definition) is 0. The molecule has 1 aliphatic carbocycles. The van der Waals surface area contributed by atoms with Crippen LogP contribution in [0.25, 0.3) is 0 Å². The summed E-state index contributed by atoms with van der Waals surface area (Å²) >= 11 is 0. The fraction of sp³-hybridized carbons (Fsp3) is 1.00. The van der Waals surface area contributed by atoms with Crippen LogP contribution in [-0.2, 0) is 21.8 Å². The van der Waals surface area contributed by atoms with E-state index in [4.69, 9.17) is 21.8 Å². The number of hydrogen-bond acceptors (Lipinski definition) is 5. The fourth-order valence-corrected chi connectivity index (χ4v) is 10.3. The van der Waals surface area contributed by atoms with E-state index in [0.29, 0.717) is 32.0 Å². The first-order chi connectivity index (χ1) is 10.1. The van der Waals surface area contributed by atoms with Gasteiger partial charge < -0.3 is 21.8 Å². The van der Waals surface area contributed by atoms with Gasteiger partial charge in [0.1, 0.15) is 0 Å². The van der Waals surface area contributed by atoms with Crippen LogP contribution in [0.15, 0.2) is 0 Å². The van der Waals surface area contributed by atoms with E-state index in [1.807, 2.05) is 34.2 Å². The Balaban J connectivity index is 2.96. The molecule has 0 aromatic rings. The Morgan fingerprint density at radius 3 is 1.57 bits per heavy atom. The van der Waals surface area contributed by atoms with Crippen molar-refractivity contribution in [2.75, 3.05) is 26.4 Å². The van der Waals surface area contributed by atoms with Crippen molar-refractivity contribution >= 4 is 17.6 Å². The van der Waals surface area contributed by atoms with Gasteiger partial charge in [-0.15, -0.1) is 0 Å². The molecule has 0 unspecified atom stereocenters. The summed E-state index contributed by atoms with van der Waals surface area (Å²) in [6.45, 7) is 12.2. The third-order valence-corrected chi connectivity index (χ3v) is 10.9. The molecule has 1 rings (SSSR count). The Morgan fingerprint density at radius 2 is 1.19 bits per heavy atom. The highest BCUT2D eigenvalue weighted by atomic mass is 28.5. The van der Waals surface area contributed by atoms with Crippen molar-refractivity contribution in [2.45, 2.75) is 65.5 Å². The fourth-order valence-electron chi connectivity index (χ4n) is 2.98. The maximum Gasteiger partial charge on any atom is 0.496 e. The summed E-state index contributed by atoms with van der Waals surface area (Å²) in [5.74, 6) is 0. The largest absolute Gasteiger partial charge is 0.496 e. The molecule has 5 nitrogen and oxygen atoms in total. The van der Waals surface area contributed by atoms with Crippen molar-refractivity contribution in [3.8, 4) is 0 Å². The van der Waals surface area contributed by atoms with Crippen LogP contribution in [0.5, 0.6) is 0 Å². The zero-order chi connectivity index (χ0) is 15.8. The molecule has 0 aliphatic heterocycles. The van der Waals surface area contributed by atoms with Gasteiger partial charge >= 0.3 is 17.6 Å². The normalized spacial score (nSPS) is 17.6. The molecule has 0 heterocycles. The lowest BCUT2D eigenvalue weighted by Crippen LogP contribution is -2.59. The van der Waals surface area contributed by atoms with Crippen molar-refractivity contribution < 1.29 is 21.8 Å². The maximum absolute atomic E-state index is 6.46. The molecule has 0 atom stereocenters. The third-order valence-electron chi connectivity index (χ3n) is 3.69. The minimum atomic E-state index is -2.76. The molecule has 0 aromatic heterocycles. The minimum Gasteiger partial charge on any atom is -0.374 e. The molecule has 21 heavy (non-hydrogen) atoms. The van der Waals surface area contributed by atoms with E-state index in [9.17, 15) is 0 Å². The van der Waals surface area contributed by atoms with Crippen LogP contribution in [0.2, 0.25) is 12.1 Å². The second-order valence-electron chi connectivity index (χ2n) is 5.28. The SMILES string of the molecule is CCO[Si](C)(OCC)O[Si](OCC)(OCC)C1CCCC1. The molecule has 0 saturated heterocycles. The smallest absolute Gasteiger partial charge is 0.374 e. The van der Waals surface area contributed by atoms with E-state index in [-0.39, 0.29) is 0 Å².